The van der Waals surface area contributed by atoms with E-state index in [4.69, 9.17) is 18.6 Å². The number of rotatable bonds is 8. The number of carbonyl (C=O) groups is 1. The van der Waals surface area contributed by atoms with Crippen LogP contribution in [-0.4, -0.2) is 42.1 Å². The highest BCUT2D eigenvalue weighted by atomic mass is 32.2. The Morgan fingerprint density at radius 1 is 1.00 bits per heavy atom. The van der Waals surface area contributed by atoms with Crippen LogP contribution in [0.1, 0.15) is 21.7 Å². The van der Waals surface area contributed by atoms with Gasteiger partial charge < -0.3 is 18.6 Å². The fraction of sp³-hybridized carbons (Fsp3) is 0.208. The fourth-order valence-electron chi connectivity index (χ4n) is 3.39. The molecule has 0 saturated heterocycles. The molecule has 8 nitrogen and oxygen atoms in total. The highest BCUT2D eigenvalue weighted by Gasteiger charge is 2.24. The highest BCUT2D eigenvalue weighted by Crippen LogP contribution is 2.39. The predicted octanol–water partition coefficient (Wildman–Crippen LogP) is 4.93. The van der Waals surface area contributed by atoms with E-state index in [1.807, 2.05) is 54.0 Å². The molecule has 0 aliphatic carbocycles. The average Bonchev–Trinajstić information content (AvgIpc) is 3.47. The molecule has 0 radical (unpaired) electrons. The minimum atomic E-state index is -0.376. The normalized spacial score (nSPS) is 10.8. The van der Waals surface area contributed by atoms with Crippen molar-refractivity contribution in [1.82, 2.24) is 14.8 Å². The largest absolute Gasteiger partial charge is 0.494 e. The van der Waals surface area contributed by atoms with E-state index in [9.17, 15) is 4.79 Å². The van der Waals surface area contributed by atoms with E-state index < -0.39 is 0 Å². The number of esters is 1. The van der Waals surface area contributed by atoms with E-state index in [1.165, 1.54) is 18.9 Å². The van der Waals surface area contributed by atoms with Gasteiger partial charge in [0, 0.05) is 5.75 Å². The Morgan fingerprint density at radius 3 is 2.36 bits per heavy atom. The second-order valence-electron chi connectivity index (χ2n) is 7.04. The van der Waals surface area contributed by atoms with Gasteiger partial charge in [0.05, 0.1) is 26.9 Å². The maximum atomic E-state index is 11.9. The molecule has 0 atom stereocenters. The molecule has 0 fully saturated rings. The first-order valence-electron chi connectivity index (χ1n) is 10.1. The smallest absolute Gasteiger partial charge is 0.337 e. The number of para-hydroxylation sites is 1. The molecule has 2 heterocycles. The lowest BCUT2D eigenvalue weighted by atomic mass is 10.1. The van der Waals surface area contributed by atoms with Gasteiger partial charge in [0.2, 0.25) is 5.82 Å². The van der Waals surface area contributed by atoms with E-state index in [0.717, 1.165) is 11.3 Å². The van der Waals surface area contributed by atoms with Crippen LogP contribution in [0.15, 0.2) is 64.2 Å². The van der Waals surface area contributed by atoms with Gasteiger partial charge in [-0.1, -0.05) is 30.0 Å². The number of benzene rings is 2. The summed E-state index contributed by atoms with van der Waals surface area (Å²) >= 11 is 1.47. The Morgan fingerprint density at radius 2 is 1.73 bits per heavy atom. The predicted molar refractivity (Wildman–Crippen MR) is 124 cm³/mol. The molecular weight excluding hydrogens is 442 g/mol. The molecule has 2 aromatic carbocycles. The summed E-state index contributed by atoms with van der Waals surface area (Å²) in [5.41, 5.74) is 2.11. The van der Waals surface area contributed by atoms with Crippen molar-refractivity contribution in [3.8, 4) is 28.8 Å². The first kappa shape index (κ1) is 22.5. The van der Waals surface area contributed by atoms with Crippen LogP contribution in [0.25, 0.3) is 17.3 Å². The summed E-state index contributed by atoms with van der Waals surface area (Å²) in [6.07, 6.45) is 0. The molecule has 0 N–H and O–H groups in total. The zero-order valence-electron chi connectivity index (χ0n) is 18.7. The standard InChI is InChI=1S/C24H23N3O5S/c1-15-11-12-20(32-15)22-25-26-24(27(22)21-18(29-2)9-6-10-19(21)30-3)33-14-16-7-5-8-17(13-16)23(28)31-4/h5-13H,14H2,1-4H3. The maximum absolute atomic E-state index is 11.9. The summed E-state index contributed by atoms with van der Waals surface area (Å²) in [6.45, 7) is 1.87. The van der Waals surface area contributed by atoms with Crippen molar-refractivity contribution in [2.75, 3.05) is 21.3 Å². The summed E-state index contributed by atoms with van der Waals surface area (Å²) in [4.78, 5) is 11.9. The van der Waals surface area contributed by atoms with Gasteiger partial charge in [-0.2, -0.15) is 0 Å². The van der Waals surface area contributed by atoms with Crippen LogP contribution in [0.3, 0.4) is 0 Å². The molecule has 0 spiro atoms. The number of ether oxygens (including phenoxy) is 3. The first-order chi connectivity index (χ1) is 16.0. The van der Waals surface area contributed by atoms with E-state index in [-0.39, 0.29) is 5.97 Å². The zero-order chi connectivity index (χ0) is 23.4. The minimum Gasteiger partial charge on any atom is -0.494 e. The van der Waals surface area contributed by atoms with E-state index in [1.54, 1.807) is 26.4 Å². The molecule has 9 heteroatoms. The Balaban J connectivity index is 1.78. The van der Waals surface area contributed by atoms with Crippen LogP contribution in [0.4, 0.5) is 0 Å². The van der Waals surface area contributed by atoms with Crippen molar-refractivity contribution in [2.45, 2.75) is 17.8 Å². The minimum absolute atomic E-state index is 0.376. The van der Waals surface area contributed by atoms with Crippen LogP contribution < -0.4 is 9.47 Å². The quantitative estimate of drug-likeness (QED) is 0.267. The molecule has 4 rings (SSSR count). The van der Waals surface area contributed by atoms with Crippen LogP contribution in [0, 0.1) is 6.92 Å². The molecule has 0 saturated carbocycles. The average molecular weight is 466 g/mol. The summed E-state index contributed by atoms with van der Waals surface area (Å²) in [5.74, 6) is 3.25. The Labute approximate surface area is 195 Å². The summed E-state index contributed by atoms with van der Waals surface area (Å²) in [7, 11) is 4.57. The molecule has 0 amide bonds. The zero-order valence-corrected chi connectivity index (χ0v) is 19.5. The van der Waals surface area contributed by atoms with Gasteiger partial charge >= 0.3 is 5.97 Å². The third-order valence-corrected chi connectivity index (χ3v) is 5.94. The molecule has 0 aliphatic heterocycles. The molecule has 2 aromatic heterocycles. The highest BCUT2D eigenvalue weighted by molar-refractivity contribution is 7.98. The van der Waals surface area contributed by atoms with Crippen molar-refractivity contribution in [1.29, 1.82) is 0 Å². The van der Waals surface area contributed by atoms with Gasteiger partial charge in [0.15, 0.2) is 10.9 Å². The van der Waals surface area contributed by atoms with E-state index in [2.05, 4.69) is 10.2 Å². The van der Waals surface area contributed by atoms with E-state index in [0.29, 0.717) is 45.2 Å². The number of methoxy groups -OCH3 is 3. The van der Waals surface area contributed by atoms with Gasteiger partial charge in [-0.25, -0.2) is 4.79 Å². The van der Waals surface area contributed by atoms with Crippen LogP contribution in [0.5, 0.6) is 11.5 Å². The number of hydrogen-bond acceptors (Lipinski definition) is 8. The maximum Gasteiger partial charge on any atom is 0.337 e. The van der Waals surface area contributed by atoms with Crippen LogP contribution in [-0.2, 0) is 10.5 Å². The molecule has 4 aromatic rings. The second-order valence-corrected chi connectivity index (χ2v) is 7.99. The Hall–Kier alpha value is -3.72. The summed E-state index contributed by atoms with van der Waals surface area (Å²) < 4.78 is 23.8. The number of hydrogen-bond donors (Lipinski definition) is 0. The van der Waals surface area contributed by atoms with Crippen LogP contribution >= 0.6 is 11.8 Å². The van der Waals surface area contributed by atoms with Crippen molar-refractivity contribution < 1.29 is 23.4 Å². The number of thioether (sulfide) groups is 1. The van der Waals surface area contributed by atoms with Crippen LogP contribution in [0.2, 0.25) is 0 Å². The second kappa shape index (κ2) is 9.83. The summed E-state index contributed by atoms with van der Waals surface area (Å²) in [5, 5.41) is 9.46. The topological polar surface area (TPSA) is 88.6 Å². The van der Waals surface area contributed by atoms with Gasteiger partial charge in [0.1, 0.15) is 22.9 Å². The number of carbonyl (C=O) groups excluding carboxylic acids is 1. The lowest BCUT2D eigenvalue weighted by Crippen LogP contribution is -2.05. The van der Waals surface area contributed by atoms with Crippen molar-refractivity contribution >= 4 is 17.7 Å². The molecule has 0 unspecified atom stereocenters. The number of nitrogens with zero attached hydrogens (tertiary/aromatic N) is 3. The van der Waals surface area contributed by atoms with Gasteiger partial charge in [-0.05, 0) is 48.9 Å². The third-order valence-electron chi connectivity index (χ3n) is 4.94. The first-order valence-corrected chi connectivity index (χ1v) is 11.1. The van der Waals surface area contributed by atoms with Gasteiger partial charge in [-0.15, -0.1) is 10.2 Å². The number of aryl methyl sites for hydroxylation is 1. The third kappa shape index (κ3) is 4.58. The van der Waals surface area contributed by atoms with Gasteiger partial charge in [0.25, 0.3) is 0 Å². The number of aromatic nitrogens is 3. The number of furan rings is 1. The van der Waals surface area contributed by atoms with Gasteiger partial charge in [-0.3, -0.25) is 4.57 Å². The molecule has 170 valence electrons. The lowest BCUT2D eigenvalue weighted by Gasteiger charge is -2.16. The molecule has 0 bridgehead atoms. The Kier molecular flexibility index (Phi) is 6.69. The summed E-state index contributed by atoms with van der Waals surface area (Å²) in [6, 6.07) is 16.6. The van der Waals surface area contributed by atoms with E-state index >= 15 is 0 Å². The Bertz CT molecular complexity index is 1260. The van der Waals surface area contributed by atoms with Crippen molar-refractivity contribution in [3.63, 3.8) is 0 Å². The monoisotopic (exact) mass is 465 g/mol. The molecule has 33 heavy (non-hydrogen) atoms. The fourth-order valence-corrected chi connectivity index (χ4v) is 4.27. The van der Waals surface area contributed by atoms with Crippen molar-refractivity contribution in [2.24, 2.45) is 0 Å². The SMILES string of the molecule is COC(=O)c1cccc(CSc2nnc(-c3ccc(C)o3)n2-c2c(OC)cccc2OC)c1. The van der Waals surface area contributed by atoms with Crippen molar-refractivity contribution in [3.05, 3.63) is 71.5 Å². The molecule has 0 aliphatic rings. The lowest BCUT2D eigenvalue weighted by molar-refractivity contribution is 0.0600. The molecular formula is C24H23N3O5S.